The second-order valence-corrected chi connectivity index (χ2v) is 5.92. The van der Waals surface area contributed by atoms with Gasteiger partial charge in [0.2, 0.25) is 5.91 Å². The predicted molar refractivity (Wildman–Crippen MR) is 101 cm³/mol. The molecule has 29 heavy (non-hydrogen) atoms. The average Bonchev–Trinajstić information content (AvgIpc) is 2.64. The maximum atomic E-state index is 12.5. The Labute approximate surface area is 167 Å². The van der Waals surface area contributed by atoms with Gasteiger partial charge in [-0.25, -0.2) is 4.79 Å². The van der Waals surface area contributed by atoms with Gasteiger partial charge in [0.05, 0.1) is 25.6 Å². The summed E-state index contributed by atoms with van der Waals surface area (Å²) in [5, 5.41) is 14.3. The maximum absolute atomic E-state index is 12.5. The lowest BCUT2D eigenvalue weighted by atomic mass is 9.95. The van der Waals surface area contributed by atoms with Gasteiger partial charge in [0, 0.05) is 18.2 Å². The summed E-state index contributed by atoms with van der Waals surface area (Å²) in [4.78, 5) is 59.5. The minimum Gasteiger partial charge on any atom is -0.480 e. The summed E-state index contributed by atoms with van der Waals surface area (Å²) in [6, 6.07) is 4.08. The van der Waals surface area contributed by atoms with Crippen LogP contribution in [0.1, 0.15) is 37.6 Å². The number of hydrogen-bond donors (Lipinski definition) is 3. The molecule has 1 aromatic carbocycles. The van der Waals surface area contributed by atoms with Gasteiger partial charge in [-0.2, -0.15) is 0 Å². The van der Waals surface area contributed by atoms with E-state index in [1.807, 2.05) is 0 Å². The van der Waals surface area contributed by atoms with Crippen LogP contribution in [-0.2, 0) is 28.7 Å². The van der Waals surface area contributed by atoms with Gasteiger partial charge in [-0.3, -0.25) is 19.2 Å². The summed E-state index contributed by atoms with van der Waals surface area (Å²) in [6.07, 6.45) is -0.574. The number of carbonyl (C=O) groups excluding carboxylic acids is 4. The molecule has 0 heterocycles. The second-order valence-electron chi connectivity index (χ2n) is 5.92. The molecule has 0 bridgehead atoms. The van der Waals surface area contributed by atoms with E-state index in [-0.39, 0.29) is 24.7 Å². The maximum Gasteiger partial charge on any atom is 0.327 e. The fourth-order valence-electron chi connectivity index (χ4n) is 2.49. The molecule has 0 fully saturated rings. The lowest BCUT2D eigenvalue weighted by Gasteiger charge is -2.23. The van der Waals surface area contributed by atoms with Crippen molar-refractivity contribution in [3.63, 3.8) is 0 Å². The summed E-state index contributed by atoms with van der Waals surface area (Å²) in [5.74, 6) is -5.88. The highest BCUT2D eigenvalue weighted by molar-refractivity contribution is 5.99. The van der Waals surface area contributed by atoms with Crippen LogP contribution in [0.5, 0.6) is 0 Å². The number of rotatable bonds is 10. The van der Waals surface area contributed by atoms with E-state index in [2.05, 4.69) is 10.6 Å². The van der Waals surface area contributed by atoms with Crippen LogP contribution in [0, 0.1) is 5.92 Å². The van der Waals surface area contributed by atoms with Crippen LogP contribution in [0.4, 0.5) is 5.69 Å². The van der Waals surface area contributed by atoms with Crippen molar-refractivity contribution >= 4 is 35.4 Å². The molecule has 0 unspecified atom stereocenters. The zero-order chi connectivity index (χ0) is 22.0. The third-order valence-electron chi connectivity index (χ3n) is 3.68. The van der Waals surface area contributed by atoms with Crippen molar-refractivity contribution < 1.29 is 38.6 Å². The molecule has 2 amide bonds. The molecule has 10 heteroatoms. The molecule has 0 radical (unpaired) electrons. The van der Waals surface area contributed by atoms with E-state index in [9.17, 15) is 29.1 Å². The number of hydrogen-bond acceptors (Lipinski definition) is 7. The van der Waals surface area contributed by atoms with E-state index in [0.29, 0.717) is 5.69 Å². The number of benzene rings is 1. The monoisotopic (exact) mass is 408 g/mol. The van der Waals surface area contributed by atoms with Gasteiger partial charge in [0.15, 0.2) is 0 Å². The normalized spacial score (nSPS) is 12.2. The molecule has 1 aromatic rings. The van der Waals surface area contributed by atoms with Crippen LogP contribution >= 0.6 is 0 Å². The van der Waals surface area contributed by atoms with Crippen molar-refractivity contribution in [3.8, 4) is 0 Å². The number of nitrogens with one attached hydrogen (secondary N) is 2. The molecule has 10 nitrogen and oxygen atoms in total. The summed E-state index contributed by atoms with van der Waals surface area (Å²) in [6.45, 7) is 4.41. The van der Waals surface area contributed by atoms with Crippen molar-refractivity contribution in [2.24, 2.45) is 5.92 Å². The van der Waals surface area contributed by atoms with E-state index in [4.69, 9.17) is 9.47 Å². The minimum atomic E-state index is -1.73. The number of aliphatic carboxylic acids is 1. The lowest BCUT2D eigenvalue weighted by molar-refractivity contribution is -0.159. The Morgan fingerprint density at radius 3 is 2.28 bits per heavy atom. The van der Waals surface area contributed by atoms with E-state index in [1.165, 1.54) is 32.0 Å². The van der Waals surface area contributed by atoms with Gasteiger partial charge in [-0.05, 0) is 32.0 Å². The molecular formula is C19H24N2O8. The van der Waals surface area contributed by atoms with Crippen molar-refractivity contribution in [1.82, 2.24) is 5.32 Å². The molecule has 0 aliphatic carbocycles. The molecule has 0 saturated heterocycles. The zero-order valence-corrected chi connectivity index (χ0v) is 16.4. The van der Waals surface area contributed by atoms with Crippen LogP contribution in [-0.4, -0.2) is 54.1 Å². The summed E-state index contributed by atoms with van der Waals surface area (Å²) >= 11 is 0. The number of ether oxygens (including phenoxy) is 2. The van der Waals surface area contributed by atoms with Crippen molar-refractivity contribution in [2.75, 3.05) is 18.5 Å². The van der Waals surface area contributed by atoms with Crippen LogP contribution in [0.3, 0.4) is 0 Å². The molecule has 1 rings (SSSR count). The van der Waals surface area contributed by atoms with Gasteiger partial charge in [-0.15, -0.1) is 0 Å². The highest BCUT2D eigenvalue weighted by Gasteiger charge is 2.38. The number of carbonyl (C=O) groups is 5. The first-order valence-electron chi connectivity index (χ1n) is 8.93. The Hall–Kier alpha value is -3.43. The smallest absolute Gasteiger partial charge is 0.327 e. The number of anilines is 1. The van der Waals surface area contributed by atoms with Gasteiger partial charge >= 0.3 is 17.9 Å². The molecule has 0 aromatic heterocycles. The highest BCUT2D eigenvalue weighted by atomic mass is 16.5. The third-order valence-corrected chi connectivity index (χ3v) is 3.68. The largest absolute Gasteiger partial charge is 0.480 e. The fourth-order valence-corrected chi connectivity index (χ4v) is 2.49. The summed E-state index contributed by atoms with van der Waals surface area (Å²) in [7, 11) is 0. The van der Waals surface area contributed by atoms with Gasteiger partial charge in [-0.1, -0.05) is 6.07 Å². The number of amides is 2. The van der Waals surface area contributed by atoms with Gasteiger partial charge in [0.1, 0.15) is 6.04 Å². The molecule has 3 N–H and O–H groups in total. The quantitative estimate of drug-likeness (QED) is 0.485. The first-order valence-corrected chi connectivity index (χ1v) is 8.93. The fraction of sp³-hybridized carbons (Fsp3) is 0.421. The first-order chi connectivity index (χ1) is 13.7. The zero-order valence-electron chi connectivity index (χ0n) is 16.4. The van der Waals surface area contributed by atoms with Crippen molar-refractivity contribution in [3.05, 3.63) is 29.8 Å². The van der Waals surface area contributed by atoms with E-state index >= 15 is 0 Å². The Kier molecular flexibility index (Phi) is 9.30. The molecule has 0 spiro atoms. The van der Waals surface area contributed by atoms with Gasteiger partial charge < -0.3 is 25.2 Å². The standard InChI is InChI=1S/C19H24N2O8/c1-4-28-15(23)10-14(19(27)29-5-2)16(18(25)26)21-17(24)12-7-6-8-13(9-12)20-11(3)22/h6-9,14,16H,4-5,10H2,1-3H3,(H,20,22)(H,21,24)(H,25,26)/t14-,16-/m0/s1. The Balaban J connectivity index is 3.09. The van der Waals surface area contributed by atoms with E-state index in [0.717, 1.165) is 0 Å². The molecule has 158 valence electrons. The Morgan fingerprint density at radius 2 is 1.72 bits per heavy atom. The van der Waals surface area contributed by atoms with Crippen molar-refractivity contribution in [1.29, 1.82) is 0 Å². The van der Waals surface area contributed by atoms with Gasteiger partial charge in [0.25, 0.3) is 5.91 Å². The third kappa shape index (κ3) is 7.60. The molecule has 0 saturated carbocycles. The number of esters is 2. The van der Waals surface area contributed by atoms with E-state index in [1.54, 1.807) is 13.0 Å². The SMILES string of the molecule is CCOC(=O)C[C@H](C(=O)OCC)[C@H](NC(=O)c1cccc(NC(C)=O)c1)C(=O)O. The average molecular weight is 408 g/mol. The molecule has 0 aliphatic heterocycles. The molecule has 0 aliphatic rings. The van der Waals surface area contributed by atoms with Crippen LogP contribution in [0.15, 0.2) is 24.3 Å². The van der Waals surface area contributed by atoms with Crippen molar-refractivity contribution in [2.45, 2.75) is 33.2 Å². The molecular weight excluding hydrogens is 384 g/mol. The summed E-state index contributed by atoms with van der Waals surface area (Å²) in [5.41, 5.74) is 0.395. The number of carboxylic acids is 1. The predicted octanol–water partition coefficient (Wildman–Crippen LogP) is 0.960. The Bertz CT molecular complexity index is 777. The molecule has 2 atom stereocenters. The Morgan fingerprint density at radius 1 is 1.07 bits per heavy atom. The minimum absolute atomic E-state index is 0.0306. The topological polar surface area (TPSA) is 148 Å². The van der Waals surface area contributed by atoms with Crippen LogP contribution in [0.25, 0.3) is 0 Å². The van der Waals surface area contributed by atoms with Crippen LogP contribution in [0.2, 0.25) is 0 Å². The first kappa shape index (κ1) is 23.6. The van der Waals surface area contributed by atoms with E-state index < -0.39 is 42.2 Å². The highest BCUT2D eigenvalue weighted by Crippen LogP contribution is 2.16. The lowest BCUT2D eigenvalue weighted by Crippen LogP contribution is -2.49. The number of carboxylic acid groups (broad SMARTS) is 1. The van der Waals surface area contributed by atoms with Crippen LogP contribution < -0.4 is 10.6 Å². The summed E-state index contributed by atoms with van der Waals surface area (Å²) < 4.78 is 9.64. The second kappa shape index (κ2) is 11.4.